The first-order valence-corrected chi connectivity index (χ1v) is 10.3. The van der Waals surface area contributed by atoms with E-state index in [0.29, 0.717) is 36.0 Å². The summed E-state index contributed by atoms with van der Waals surface area (Å²) in [4.78, 5) is 28.1. The molecule has 0 bridgehead atoms. The van der Waals surface area contributed by atoms with Crippen LogP contribution in [0.5, 0.6) is 5.75 Å². The first-order valence-electron chi connectivity index (χ1n) is 10.3. The van der Waals surface area contributed by atoms with E-state index in [1.807, 2.05) is 56.3 Å². The van der Waals surface area contributed by atoms with Crippen molar-refractivity contribution in [3.05, 3.63) is 84.1 Å². The molecule has 0 saturated heterocycles. The first kappa shape index (κ1) is 21.2. The molecule has 0 aliphatic heterocycles. The largest absolute Gasteiger partial charge is 0.496 e. The van der Waals surface area contributed by atoms with Crippen molar-refractivity contribution in [2.45, 2.75) is 20.4 Å². The Morgan fingerprint density at radius 3 is 2.62 bits per heavy atom. The minimum atomic E-state index is -0.0889. The number of nitrogens with zero attached hydrogens (tertiary/aromatic N) is 6. The molecule has 8 heteroatoms. The highest BCUT2D eigenvalue weighted by atomic mass is 16.5. The fourth-order valence-electron chi connectivity index (χ4n) is 3.48. The summed E-state index contributed by atoms with van der Waals surface area (Å²) in [6.45, 7) is 4.88. The Hall–Kier alpha value is -4.07. The first-order chi connectivity index (χ1) is 15.6. The maximum atomic E-state index is 13.2. The van der Waals surface area contributed by atoms with Gasteiger partial charge in [-0.05, 0) is 49.7 Å². The second-order valence-electron chi connectivity index (χ2n) is 7.17. The molecule has 0 aliphatic rings. The van der Waals surface area contributed by atoms with Crippen LogP contribution in [0.4, 0.5) is 0 Å². The minimum absolute atomic E-state index is 0.0889. The van der Waals surface area contributed by atoms with Gasteiger partial charge in [0.2, 0.25) is 0 Å². The summed E-state index contributed by atoms with van der Waals surface area (Å²) < 4.78 is 7.04. The smallest absolute Gasteiger partial charge is 0.257 e. The lowest BCUT2D eigenvalue weighted by Gasteiger charge is -2.20. The zero-order valence-electron chi connectivity index (χ0n) is 18.3. The van der Waals surface area contributed by atoms with E-state index in [4.69, 9.17) is 4.74 Å². The van der Waals surface area contributed by atoms with Crippen LogP contribution < -0.4 is 4.74 Å². The van der Waals surface area contributed by atoms with E-state index in [1.54, 1.807) is 41.5 Å². The molecule has 162 valence electrons. The Morgan fingerprint density at radius 2 is 1.88 bits per heavy atom. The Kier molecular flexibility index (Phi) is 6.21. The molecule has 0 saturated carbocycles. The fraction of sp³-hybridized carbons (Fsp3) is 0.208. The van der Waals surface area contributed by atoms with E-state index >= 15 is 0 Å². The van der Waals surface area contributed by atoms with Gasteiger partial charge >= 0.3 is 0 Å². The van der Waals surface area contributed by atoms with E-state index in [1.165, 1.54) is 0 Å². The van der Waals surface area contributed by atoms with Crippen LogP contribution in [-0.2, 0) is 6.54 Å². The van der Waals surface area contributed by atoms with Gasteiger partial charge < -0.3 is 9.64 Å². The summed E-state index contributed by atoms with van der Waals surface area (Å²) in [5.74, 6) is 1.02. The number of carbonyl (C=O) groups excluding carboxylic acids is 1. The van der Waals surface area contributed by atoms with Gasteiger partial charge in [0.25, 0.3) is 11.9 Å². The van der Waals surface area contributed by atoms with Gasteiger partial charge in [-0.3, -0.25) is 9.78 Å². The molecule has 32 heavy (non-hydrogen) atoms. The SMILES string of the molecule is CCN(Cc1ccncc1)C(=O)c1cnn(-c2nccc(-c3ccccc3OC)n2)c1C. The van der Waals surface area contributed by atoms with E-state index in [0.717, 1.165) is 16.9 Å². The molecule has 0 N–H and O–H groups in total. The van der Waals surface area contributed by atoms with Crippen molar-refractivity contribution in [1.82, 2.24) is 29.6 Å². The number of hydrogen-bond acceptors (Lipinski definition) is 6. The van der Waals surface area contributed by atoms with Gasteiger partial charge in [-0.1, -0.05) is 12.1 Å². The monoisotopic (exact) mass is 428 g/mol. The zero-order chi connectivity index (χ0) is 22.5. The molecule has 1 aromatic carbocycles. The number of pyridine rings is 1. The quantitative estimate of drug-likeness (QED) is 0.446. The molecule has 0 aliphatic carbocycles. The van der Waals surface area contributed by atoms with Crippen LogP contribution in [0.2, 0.25) is 0 Å². The van der Waals surface area contributed by atoms with Crippen LogP contribution in [0.3, 0.4) is 0 Å². The standard InChI is InChI=1S/C24H24N6O2/c1-4-29(16-18-9-12-25-13-10-18)23(31)20-15-27-30(17(20)2)24-26-14-11-21(28-24)19-7-5-6-8-22(19)32-3/h5-15H,4,16H2,1-3H3. The number of para-hydroxylation sites is 1. The average Bonchev–Trinajstić information content (AvgIpc) is 3.24. The van der Waals surface area contributed by atoms with Crippen molar-refractivity contribution in [3.8, 4) is 23.0 Å². The van der Waals surface area contributed by atoms with Crippen LogP contribution in [-0.4, -0.2) is 49.2 Å². The van der Waals surface area contributed by atoms with Crippen LogP contribution in [0, 0.1) is 6.92 Å². The Bertz CT molecular complexity index is 1220. The predicted octanol–water partition coefficient (Wildman–Crippen LogP) is 3.70. The third kappa shape index (κ3) is 4.20. The van der Waals surface area contributed by atoms with Gasteiger partial charge in [-0.2, -0.15) is 5.10 Å². The third-order valence-corrected chi connectivity index (χ3v) is 5.25. The average molecular weight is 428 g/mol. The van der Waals surface area contributed by atoms with Crippen LogP contribution in [0.25, 0.3) is 17.2 Å². The van der Waals surface area contributed by atoms with Gasteiger partial charge in [0.1, 0.15) is 5.75 Å². The van der Waals surface area contributed by atoms with Crippen molar-refractivity contribution in [2.75, 3.05) is 13.7 Å². The normalized spacial score (nSPS) is 10.7. The summed E-state index contributed by atoms with van der Waals surface area (Å²) in [7, 11) is 1.63. The van der Waals surface area contributed by atoms with E-state index in [-0.39, 0.29) is 5.91 Å². The van der Waals surface area contributed by atoms with Gasteiger partial charge in [0.05, 0.1) is 30.3 Å². The second-order valence-corrected chi connectivity index (χ2v) is 7.17. The van der Waals surface area contributed by atoms with Crippen molar-refractivity contribution in [1.29, 1.82) is 0 Å². The fourth-order valence-corrected chi connectivity index (χ4v) is 3.48. The zero-order valence-corrected chi connectivity index (χ0v) is 18.3. The molecule has 3 heterocycles. The highest BCUT2D eigenvalue weighted by Gasteiger charge is 2.21. The number of hydrogen-bond donors (Lipinski definition) is 0. The van der Waals surface area contributed by atoms with Gasteiger partial charge in [0, 0.05) is 37.2 Å². The van der Waals surface area contributed by atoms with Crippen molar-refractivity contribution >= 4 is 5.91 Å². The van der Waals surface area contributed by atoms with Crippen LogP contribution in [0.1, 0.15) is 28.5 Å². The molecule has 0 atom stereocenters. The molecule has 0 radical (unpaired) electrons. The van der Waals surface area contributed by atoms with Crippen LogP contribution >= 0.6 is 0 Å². The summed E-state index contributed by atoms with van der Waals surface area (Å²) >= 11 is 0. The summed E-state index contributed by atoms with van der Waals surface area (Å²) in [5, 5.41) is 4.41. The summed E-state index contributed by atoms with van der Waals surface area (Å²) in [6.07, 6.45) is 6.70. The molecule has 0 fully saturated rings. The molecule has 8 nitrogen and oxygen atoms in total. The minimum Gasteiger partial charge on any atom is -0.496 e. The highest BCUT2D eigenvalue weighted by Crippen LogP contribution is 2.28. The number of amides is 1. The van der Waals surface area contributed by atoms with E-state index in [9.17, 15) is 4.79 Å². The number of carbonyl (C=O) groups is 1. The molecule has 4 aromatic rings. The lowest BCUT2D eigenvalue weighted by molar-refractivity contribution is 0.0751. The van der Waals surface area contributed by atoms with Crippen molar-refractivity contribution < 1.29 is 9.53 Å². The maximum Gasteiger partial charge on any atom is 0.257 e. The predicted molar refractivity (Wildman–Crippen MR) is 121 cm³/mol. The van der Waals surface area contributed by atoms with E-state index in [2.05, 4.69) is 20.1 Å². The molecule has 1 amide bonds. The Labute approximate surface area is 186 Å². The molecule has 0 spiro atoms. The van der Waals surface area contributed by atoms with Crippen molar-refractivity contribution in [2.24, 2.45) is 0 Å². The highest BCUT2D eigenvalue weighted by molar-refractivity contribution is 5.95. The number of methoxy groups -OCH3 is 1. The van der Waals surface area contributed by atoms with Gasteiger partial charge in [0.15, 0.2) is 0 Å². The lowest BCUT2D eigenvalue weighted by atomic mass is 10.1. The third-order valence-electron chi connectivity index (χ3n) is 5.25. The molecular formula is C24H24N6O2. The second kappa shape index (κ2) is 9.38. The van der Waals surface area contributed by atoms with Crippen LogP contribution in [0.15, 0.2) is 67.3 Å². The Morgan fingerprint density at radius 1 is 1.09 bits per heavy atom. The number of aromatic nitrogens is 5. The molecule has 4 rings (SSSR count). The van der Waals surface area contributed by atoms with E-state index < -0.39 is 0 Å². The number of ether oxygens (including phenoxy) is 1. The molecule has 3 aromatic heterocycles. The molecule has 0 unspecified atom stereocenters. The summed E-state index contributed by atoms with van der Waals surface area (Å²) in [5.41, 5.74) is 3.79. The summed E-state index contributed by atoms with van der Waals surface area (Å²) in [6, 6.07) is 13.3. The van der Waals surface area contributed by atoms with Gasteiger partial charge in [-0.15, -0.1) is 0 Å². The topological polar surface area (TPSA) is 86.0 Å². The van der Waals surface area contributed by atoms with Crippen molar-refractivity contribution in [3.63, 3.8) is 0 Å². The lowest BCUT2D eigenvalue weighted by Crippen LogP contribution is -2.30. The van der Waals surface area contributed by atoms with Gasteiger partial charge in [-0.25, -0.2) is 14.6 Å². The number of benzene rings is 1. The molecular weight excluding hydrogens is 404 g/mol. The maximum absolute atomic E-state index is 13.2. The number of rotatable bonds is 7. The Balaban J connectivity index is 1.63.